The van der Waals surface area contributed by atoms with Crippen molar-refractivity contribution in [2.24, 2.45) is 0 Å². The third-order valence-electron chi connectivity index (χ3n) is 1.99. The zero-order valence-corrected chi connectivity index (χ0v) is 11.8. The lowest BCUT2D eigenvalue weighted by atomic mass is 10.3. The van der Waals surface area contributed by atoms with Gasteiger partial charge in [0.25, 0.3) is 0 Å². The van der Waals surface area contributed by atoms with E-state index in [0.717, 1.165) is 6.92 Å². The van der Waals surface area contributed by atoms with Crippen molar-refractivity contribution in [2.75, 3.05) is 4.72 Å². The van der Waals surface area contributed by atoms with Gasteiger partial charge in [-0.25, -0.2) is 8.42 Å². The Hall–Kier alpha value is -0.790. The van der Waals surface area contributed by atoms with Crippen molar-refractivity contribution >= 4 is 49.2 Å². The number of halogens is 2. The fourth-order valence-corrected chi connectivity index (χ4v) is 2.34. The molecular weight excluding hydrogens is 334 g/mol. The van der Waals surface area contributed by atoms with E-state index in [0.29, 0.717) is 9.50 Å². The number of benzene rings is 1. The molecule has 17 heavy (non-hydrogen) atoms. The molecule has 0 radical (unpaired) electrons. The van der Waals surface area contributed by atoms with Crippen LogP contribution in [0.25, 0.3) is 0 Å². The minimum atomic E-state index is -3.96. The lowest BCUT2D eigenvalue weighted by Gasteiger charge is -2.11. The first-order chi connectivity index (χ1) is 7.74. The van der Waals surface area contributed by atoms with Crippen LogP contribution in [0, 0.1) is 0 Å². The van der Waals surface area contributed by atoms with Crippen molar-refractivity contribution in [2.45, 2.75) is 12.2 Å². The molecule has 5 nitrogen and oxygen atoms in total. The number of carbonyl (C=O) groups is 1. The molecular formula is C9H9BrClNO4S. The summed E-state index contributed by atoms with van der Waals surface area (Å²) in [6, 6.07) is 4.39. The van der Waals surface area contributed by atoms with Crippen molar-refractivity contribution in [3.8, 4) is 0 Å². The van der Waals surface area contributed by atoms with Crippen LogP contribution >= 0.6 is 27.5 Å². The van der Waals surface area contributed by atoms with E-state index in [-0.39, 0.29) is 5.69 Å². The van der Waals surface area contributed by atoms with E-state index < -0.39 is 21.2 Å². The number of hydrogen-bond acceptors (Lipinski definition) is 3. The standard InChI is InChI=1S/C9H9BrClNO4S/c1-5(9(13)14)17(15,16)12-6-2-3-8(11)7(10)4-6/h2-5,12H,1H3,(H,13,14). The summed E-state index contributed by atoms with van der Waals surface area (Å²) < 4.78 is 25.9. The second kappa shape index (κ2) is 5.24. The van der Waals surface area contributed by atoms with Crippen LogP contribution in [0.1, 0.15) is 6.92 Å². The molecule has 0 aromatic heterocycles. The lowest BCUT2D eigenvalue weighted by Crippen LogP contribution is -2.32. The topological polar surface area (TPSA) is 83.5 Å². The summed E-state index contributed by atoms with van der Waals surface area (Å²) in [5, 5.41) is 7.54. The molecule has 0 spiro atoms. The molecule has 0 amide bonds. The van der Waals surface area contributed by atoms with Gasteiger partial charge in [-0.15, -0.1) is 0 Å². The third-order valence-corrected chi connectivity index (χ3v) is 4.86. The first-order valence-corrected chi connectivity index (χ1v) is 7.15. The molecule has 0 heterocycles. The predicted molar refractivity (Wildman–Crippen MR) is 68.8 cm³/mol. The van der Waals surface area contributed by atoms with Gasteiger partial charge in [0.15, 0.2) is 5.25 Å². The Morgan fingerprint density at radius 2 is 2.12 bits per heavy atom. The van der Waals surface area contributed by atoms with E-state index in [4.69, 9.17) is 16.7 Å². The van der Waals surface area contributed by atoms with Gasteiger partial charge >= 0.3 is 5.97 Å². The number of hydrogen-bond donors (Lipinski definition) is 2. The van der Waals surface area contributed by atoms with E-state index in [1.54, 1.807) is 0 Å². The quantitative estimate of drug-likeness (QED) is 0.879. The van der Waals surface area contributed by atoms with Crippen LogP contribution in [-0.2, 0) is 14.8 Å². The van der Waals surface area contributed by atoms with Gasteiger partial charge in [0, 0.05) is 10.2 Å². The summed E-state index contributed by atoms with van der Waals surface area (Å²) in [7, 11) is -3.96. The number of sulfonamides is 1. The van der Waals surface area contributed by atoms with Gasteiger partial charge in [-0.3, -0.25) is 9.52 Å². The molecule has 1 rings (SSSR count). The zero-order chi connectivity index (χ0) is 13.2. The largest absolute Gasteiger partial charge is 0.480 e. The van der Waals surface area contributed by atoms with Gasteiger partial charge in [-0.1, -0.05) is 11.6 Å². The molecule has 0 saturated carbocycles. The van der Waals surface area contributed by atoms with E-state index in [9.17, 15) is 13.2 Å². The molecule has 1 aromatic carbocycles. The highest BCUT2D eigenvalue weighted by molar-refractivity contribution is 9.10. The predicted octanol–water partition coefficient (Wildman–Crippen LogP) is 2.32. The molecule has 0 saturated heterocycles. The number of carboxylic acids is 1. The Morgan fingerprint density at radius 1 is 1.53 bits per heavy atom. The third kappa shape index (κ3) is 3.58. The molecule has 0 fully saturated rings. The summed E-state index contributed by atoms with van der Waals surface area (Å²) in [5.74, 6) is -1.41. The lowest BCUT2D eigenvalue weighted by molar-refractivity contribution is -0.136. The summed E-state index contributed by atoms with van der Waals surface area (Å²) in [4.78, 5) is 10.6. The average Bonchev–Trinajstić information content (AvgIpc) is 2.22. The van der Waals surface area contributed by atoms with E-state index >= 15 is 0 Å². The summed E-state index contributed by atoms with van der Waals surface area (Å²) in [6.07, 6.45) is 0. The highest BCUT2D eigenvalue weighted by Crippen LogP contribution is 2.26. The molecule has 0 bridgehead atoms. The van der Waals surface area contributed by atoms with Crippen molar-refractivity contribution in [1.82, 2.24) is 0 Å². The Morgan fingerprint density at radius 3 is 2.59 bits per heavy atom. The SMILES string of the molecule is CC(C(=O)O)S(=O)(=O)Nc1ccc(Cl)c(Br)c1. The van der Waals surface area contributed by atoms with Gasteiger partial charge in [-0.2, -0.15) is 0 Å². The zero-order valence-electron chi connectivity index (χ0n) is 8.65. The fourth-order valence-electron chi connectivity index (χ4n) is 0.945. The van der Waals surface area contributed by atoms with Gasteiger partial charge in [0.2, 0.25) is 10.0 Å². The molecule has 94 valence electrons. The number of nitrogens with one attached hydrogen (secondary N) is 1. The molecule has 2 N–H and O–H groups in total. The molecule has 0 aliphatic rings. The molecule has 1 unspecified atom stereocenters. The highest BCUT2D eigenvalue weighted by atomic mass is 79.9. The maximum atomic E-state index is 11.6. The Bertz CT molecular complexity index is 546. The normalized spacial score (nSPS) is 13.1. The summed E-state index contributed by atoms with van der Waals surface area (Å²) in [5.41, 5.74) is 0.245. The summed E-state index contributed by atoms with van der Waals surface area (Å²) >= 11 is 8.88. The van der Waals surface area contributed by atoms with Crippen molar-refractivity contribution in [3.63, 3.8) is 0 Å². The van der Waals surface area contributed by atoms with E-state index in [1.807, 2.05) is 0 Å². The van der Waals surface area contributed by atoms with Crippen LogP contribution in [-0.4, -0.2) is 24.7 Å². The average molecular weight is 343 g/mol. The number of carboxylic acid groups (broad SMARTS) is 1. The maximum absolute atomic E-state index is 11.6. The Balaban J connectivity index is 2.98. The van der Waals surface area contributed by atoms with Crippen molar-refractivity contribution in [3.05, 3.63) is 27.7 Å². The monoisotopic (exact) mass is 341 g/mol. The fraction of sp³-hybridized carbons (Fsp3) is 0.222. The van der Waals surface area contributed by atoms with E-state index in [1.165, 1.54) is 18.2 Å². The Kier molecular flexibility index (Phi) is 4.40. The van der Waals surface area contributed by atoms with Crippen LogP contribution in [0.4, 0.5) is 5.69 Å². The van der Waals surface area contributed by atoms with Crippen LogP contribution in [0.3, 0.4) is 0 Å². The van der Waals surface area contributed by atoms with Crippen LogP contribution < -0.4 is 4.72 Å². The first-order valence-electron chi connectivity index (χ1n) is 4.43. The maximum Gasteiger partial charge on any atom is 0.323 e. The molecule has 1 atom stereocenters. The minimum absolute atomic E-state index is 0.245. The van der Waals surface area contributed by atoms with Gasteiger partial charge < -0.3 is 5.11 Å². The van der Waals surface area contributed by atoms with Crippen LogP contribution in [0.15, 0.2) is 22.7 Å². The van der Waals surface area contributed by atoms with Gasteiger partial charge in [0.05, 0.1) is 5.02 Å². The molecule has 0 aliphatic heterocycles. The number of rotatable bonds is 4. The first kappa shape index (κ1) is 14.3. The summed E-state index contributed by atoms with van der Waals surface area (Å²) in [6.45, 7) is 1.09. The van der Waals surface area contributed by atoms with Crippen LogP contribution in [0.2, 0.25) is 5.02 Å². The second-order valence-corrected chi connectivity index (χ2v) is 6.52. The number of aliphatic carboxylic acids is 1. The highest BCUT2D eigenvalue weighted by Gasteiger charge is 2.27. The smallest absolute Gasteiger partial charge is 0.323 e. The molecule has 8 heteroatoms. The van der Waals surface area contributed by atoms with Crippen LogP contribution in [0.5, 0.6) is 0 Å². The Labute approximate surface area is 112 Å². The van der Waals surface area contributed by atoms with Crippen molar-refractivity contribution < 1.29 is 18.3 Å². The molecule has 1 aromatic rings. The minimum Gasteiger partial charge on any atom is -0.480 e. The van der Waals surface area contributed by atoms with Gasteiger partial charge in [-0.05, 0) is 41.1 Å². The molecule has 0 aliphatic carbocycles. The van der Waals surface area contributed by atoms with Gasteiger partial charge in [0.1, 0.15) is 0 Å². The second-order valence-electron chi connectivity index (χ2n) is 3.26. The number of anilines is 1. The van der Waals surface area contributed by atoms with Crippen molar-refractivity contribution in [1.29, 1.82) is 0 Å². The van der Waals surface area contributed by atoms with E-state index in [2.05, 4.69) is 20.7 Å².